The molecule has 2 N–H and O–H groups in total. The third kappa shape index (κ3) is 2.89. The molecule has 2 saturated heterocycles. The quantitative estimate of drug-likeness (QED) is 0.761. The fourth-order valence-corrected chi connectivity index (χ4v) is 5.51. The molecule has 4 heteroatoms. The van der Waals surface area contributed by atoms with Gasteiger partial charge in [0.2, 0.25) is 0 Å². The lowest BCUT2D eigenvalue weighted by Gasteiger charge is -2.40. The first-order valence-electron chi connectivity index (χ1n) is 7.34. The highest BCUT2D eigenvalue weighted by Gasteiger charge is 2.42. The van der Waals surface area contributed by atoms with E-state index in [0.29, 0.717) is 5.92 Å². The Kier molecular flexibility index (Phi) is 4.65. The number of rotatable bonds is 2. The number of thioether (sulfide) groups is 1. The molecule has 0 bridgehead atoms. The summed E-state index contributed by atoms with van der Waals surface area (Å²) in [5, 5.41) is 0. The molecule has 0 saturated carbocycles. The van der Waals surface area contributed by atoms with Crippen LogP contribution in [0, 0.1) is 16.4 Å². The molecule has 0 radical (unpaired) electrons. The van der Waals surface area contributed by atoms with Crippen LogP contribution in [0.1, 0.15) is 36.4 Å². The molecule has 3 atom stereocenters. The van der Waals surface area contributed by atoms with Crippen LogP contribution in [0.15, 0.2) is 18.2 Å². The van der Waals surface area contributed by atoms with E-state index in [0.717, 1.165) is 25.2 Å². The average molecular weight is 403 g/mol. The van der Waals surface area contributed by atoms with Crippen molar-refractivity contribution in [2.75, 3.05) is 18.1 Å². The van der Waals surface area contributed by atoms with Crippen LogP contribution in [0.4, 0.5) is 0 Å². The molecule has 1 aromatic carbocycles. The van der Waals surface area contributed by atoms with Crippen molar-refractivity contribution in [1.29, 1.82) is 0 Å². The Morgan fingerprint density at radius 1 is 1.50 bits per heavy atom. The second-order valence-corrected chi connectivity index (χ2v) is 8.27. The highest BCUT2D eigenvalue weighted by Crippen LogP contribution is 2.43. The van der Waals surface area contributed by atoms with E-state index in [1.807, 2.05) is 11.8 Å². The summed E-state index contributed by atoms with van der Waals surface area (Å²) >= 11 is 4.47. The monoisotopic (exact) mass is 403 g/mol. The van der Waals surface area contributed by atoms with Gasteiger partial charge in [0.15, 0.2) is 0 Å². The van der Waals surface area contributed by atoms with Gasteiger partial charge in [-0.15, -0.1) is 0 Å². The van der Waals surface area contributed by atoms with Crippen molar-refractivity contribution >= 4 is 34.4 Å². The maximum atomic E-state index is 6.62. The van der Waals surface area contributed by atoms with Crippen LogP contribution in [-0.2, 0) is 4.74 Å². The molecule has 3 rings (SSSR count). The summed E-state index contributed by atoms with van der Waals surface area (Å²) in [5.74, 6) is 2.95. The molecule has 2 aliphatic rings. The zero-order chi connectivity index (χ0) is 14.2. The maximum absolute atomic E-state index is 6.62. The van der Waals surface area contributed by atoms with Gasteiger partial charge < -0.3 is 10.5 Å². The topological polar surface area (TPSA) is 35.2 Å². The zero-order valence-corrected chi connectivity index (χ0v) is 14.9. The second-order valence-electron chi connectivity index (χ2n) is 6.09. The number of halogens is 1. The van der Waals surface area contributed by atoms with Crippen molar-refractivity contribution in [2.45, 2.75) is 37.8 Å². The number of ether oxygens (including phenoxy) is 1. The van der Waals surface area contributed by atoms with Crippen LogP contribution in [0.2, 0.25) is 0 Å². The molecule has 20 heavy (non-hydrogen) atoms. The fraction of sp³-hybridized carbons (Fsp3) is 0.625. The molecule has 110 valence electrons. The van der Waals surface area contributed by atoms with Crippen LogP contribution in [0.25, 0.3) is 0 Å². The normalized spacial score (nSPS) is 31.6. The largest absolute Gasteiger partial charge is 0.374 e. The van der Waals surface area contributed by atoms with Crippen molar-refractivity contribution in [2.24, 2.45) is 11.7 Å². The van der Waals surface area contributed by atoms with E-state index >= 15 is 0 Å². The summed E-state index contributed by atoms with van der Waals surface area (Å²) in [4.78, 5) is 0. The van der Waals surface area contributed by atoms with Gasteiger partial charge in [-0.2, -0.15) is 11.8 Å². The first-order valence-corrected chi connectivity index (χ1v) is 9.57. The van der Waals surface area contributed by atoms with Crippen molar-refractivity contribution in [1.82, 2.24) is 0 Å². The number of benzene rings is 1. The lowest BCUT2D eigenvalue weighted by molar-refractivity contribution is -0.0834. The van der Waals surface area contributed by atoms with Gasteiger partial charge in [-0.1, -0.05) is 18.2 Å². The first-order chi connectivity index (χ1) is 9.61. The molecular formula is C16H22INOS. The van der Waals surface area contributed by atoms with Gasteiger partial charge in [-0.05, 0) is 71.6 Å². The SMILES string of the molecule is Cc1cccc(C(N)C2CCOC3(CCSC3)C2)c1I. The lowest BCUT2D eigenvalue weighted by Crippen LogP contribution is -2.42. The molecule has 1 spiro atoms. The van der Waals surface area contributed by atoms with Gasteiger partial charge in [0, 0.05) is 22.0 Å². The van der Waals surface area contributed by atoms with Crippen LogP contribution < -0.4 is 5.73 Å². The standard InChI is InChI=1S/C16H22INOS/c1-11-3-2-4-13(14(11)17)15(18)12-5-7-19-16(9-12)6-8-20-10-16/h2-4,12,15H,5-10,18H2,1H3. The summed E-state index contributed by atoms with van der Waals surface area (Å²) < 4.78 is 7.45. The van der Waals surface area contributed by atoms with E-state index in [1.165, 1.54) is 26.9 Å². The van der Waals surface area contributed by atoms with Gasteiger partial charge in [-0.25, -0.2) is 0 Å². The molecule has 0 amide bonds. The van der Waals surface area contributed by atoms with E-state index in [2.05, 4.69) is 47.7 Å². The Morgan fingerprint density at radius 2 is 2.35 bits per heavy atom. The molecule has 0 aromatic heterocycles. The summed E-state index contributed by atoms with van der Waals surface area (Å²) in [6.07, 6.45) is 3.43. The van der Waals surface area contributed by atoms with Gasteiger partial charge in [0.1, 0.15) is 0 Å². The minimum Gasteiger partial charge on any atom is -0.374 e. The molecular weight excluding hydrogens is 381 g/mol. The Hall–Kier alpha value is 0.220. The Morgan fingerprint density at radius 3 is 3.10 bits per heavy atom. The minimum atomic E-state index is 0.125. The number of hydrogen-bond donors (Lipinski definition) is 1. The average Bonchev–Trinajstić information content (AvgIpc) is 2.89. The van der Waals surface area contributed by atoms with Crippen molar-refractivity contribution < 1.29 is 4.74 Å². The Balaban J connectivity index is 1.79. The third-order valence-electron chi connectivity index (χ3n) is 4.69. The highest BCUT2D eigenvalue weighted by molar-refractivity contribution is 14.1. The van der Waals surface area contributed by atoms with E-state index < -0.39 is 0 Å². The molecule has 2 heterocycles. The molecule has 2 aliphatic heterocycles. The van der Waals surface area contributed by atoms with E-state index in [1.54, 1.807) is 0 Å². The third-order valence-corrected chi connectivity index (χ3v) is 7.38. The summed E-state index contributed by atoms with van der Waals surface area (Å²) in [7, 11) is 0. The summed E-state index contributed by atoms with van der Waals surface area (Å²) in [6.45, 7) is 3.04. The molecule has 1 aromatic rings. The van der Waals surface area contributed by atoms with Crippen molar-refractivity contribution in [3.8, 4) is 0 Å². The molecule has 2 fully saturated rings. The zero-order valence-electron chi connectivity index (χ0n) is 11.9. The number of nitrogens with two attached hydrogens (primary N) is 1. The minimum absolute atomic E-state index is 0.125. The summed E-state index contributed by atoms with van der Waals surface area (Å²) in [5.41, 5.74) is 9.40. The molecule has 0 aliphatic carbocycles. The summed E-state index contributed by atoms with van der Waals surface area (Å²) in [6, 6.07) is 6.64. The van der Waals surface area contributed by atoms with E-state index in [4.69, 9.17) is 10.5 Å². The van der Waals surface area contributed by atoms with Gasteiger partial charge >= 0.3 is 0 Å². The van der Waals surface area contributed by atoms with Crippen LogP contribution >= 0.6 is 34.4 Å². The van der Waals surface area contributed by atoms with Crippen LogP contribution in [0.3, 0.4) is 0 Å². The highest BCUT2D eigenvalue weighted by atomic mass is 127. The van der Waals surface area contributed by atoms with E-state index in [-0.39, 0.29) is 11.6 Å². The van der Waals surface area contributed by atoms with Crippen molar-refractivity contribution in [3.63, 3.8) is 0 Å². The Bertz CT molecular complexity index is 487. The molecule has 3 unspecified atom stereocenters. The first kappa shape index (κ1) is 15.1. The maximum Gasteiger partial charge on any atom is 0.0783 e. The number of aryl methyl sites for hydroxylation is 1. The van der Waals surface area contributed by atoms with Crippen molar-refractivity contribution in [3.05, 3.63) is 32.9 Å². The predicted octanol–water partition coefficient (Wildman–Crippen LogP) is 3.90. The second kappa shape index (κ2) is 6.15. The Labute approximate surface area is 139 Å². The number of hydrogen-bond acceptors (Lipinski definition) is 3. The van der Waals surface area contributed by atoms with Gasteiger partial charge in [-0.3, -0.25) is 0 Å². The molecule has 2 nitrogen and oxygen atoms in total. The fourth-order valence-electron chi connectivity index (χ4n) is 3.42. The van der Waals surface area contributed by atoms with Gasteiger partial charge in [0.25, 0.3) is 0 Å². The van der Waals surface area contributed by atoms with E-state index in [9.17, 15) is 0 Å². The van der Waals surface area contributed by atoms with Crippen LogP contribution in [0.5, 0.6) is 0 Å². The lowest BCUT2D eigenvalue weighted by atomic mass is 9.79. The van der Waals surface area contributed by atoms with Gasteiger partial charge in [0.05, 0.1) is 5.60 Å². The predicted molar refractivity (Wildman–Crippen MR) is 94.2 cm³/mol. The smallest absolute Gasteiger partial charge is 0.0783 e. The van der Waals surface area contributed by atoms with Crippen LogP contribution in [-0.4, -0.2) is 23.7 Å².